The molecule has 6 heteroatoms. The van der Waals surface area contributed by atoms with E-state index in [-0.39, 0.29) is 17.7 Å². The van der Waals surface area contributed by atoms with E-state index >= 15 is 0 Å². The molecule has 1 fully saturated rings. The lowest BCUT2D eigenvalue weighted by molar-refractivity contribution is -0.128. The number of hydrogen-bond acceptors (Lipinski definition) is 4. The number of hydrogen-bond donors (Lipinski definition) is 1. The van der Waals surface area contributed by atoms with Gasteiger partial charge in [0, 0.05) is 26.4 Å². The molecule has 1 unspecified atom stereocenters. The fourth-order valence-electron chi connectivity index (χ4n) is 1.43. The average molecular weight is 220 g/mol. The molecule has 82 valence electrons. The molecule has 0 aromatic heterocycles. The molecule has 1 amide bonds. The maximum absolute atomic E-state index is 11.4. The lowest BCUT2D eigenvalue weighted by Crippen LogP contribution is -2.39. The van der Waals surface area contributed by atoms with E-state index in [0.717, 1.165) is 13.0 Å². The number of likely N-dealkylation sites (N-methyl/N-ethyl adjacent to an activating group) is 1. The molecule has 0 bridgehead atoms. The number of sulfone groups is 1. The summed E-state index contributed by atoms with van der Waals surface area (Å²) in [6, 6.07) is -0.193. The summed E-state index contributed by atoms with van der Waals surface area (Å²) < 4.78 is 21.6. The Morgan fingerprint density at radius 3 is 2.64 bits per heavy atom. The maximum Gasteiger partial charge on any atom is 0.239 e. The quantitative estimate of drug-likeness (QED) is 0.650. The van der Waals surface area contributed by atoms with Crippen LogP contribution in [0.2, 0.25) is 0 Å². The number of likely N-dealkylation sites (tertiary alicyclic amines) is 1. The SMILES string of the molecule is CN1CCC(NCCS(C)(=O)=O)C1=O. The minimum Gasteiger partial charge on any atom is -0.344 e. The third-order valence-electron chi connectivity index (χ3n) is 2.29. The van der Waals surface area contributed by atoms with Crippen molar-refractivity contribution in [1.29, 1.82) is 0 Å². The molecule has 0 radical (unpaired) electrons. The van der Waals surface area contributed by atoms with Gasteiger partial charge in [0.05, 0.1) is 11.8 Å². The number of carbonyl (C=O) groups is 1. The number of nitrogens with zero attached hydrogens (tertiary/aromatic N) is 1. The highest BCUT2D eigenvalue weighted by molar-refractivity contribution is 7.90. The van der Waals surface area contributed by atoms with E-state index in [1.165, 1.54) is 6.26 Å². The van der Waals surface area contributed by atoms with Gasteiger partial charge in [0.1, 0.15) is 9.84 Å². The molecule has 1 atom stereocenters. The van der Waals surface area contributed by atoms with E-state index in [0.29, 0.717) is 6.54 Å². The van der Waals surface area contributed by atoms with Gasteiger partial charge >= 0.3 is 0 Å². The second-order valence-corrected chi connectivity index (χ2v) is 5.94. The Hall–Kier alpha value is -0.620. The normalized spacial score (nSPS) is 23.1. The maximum atomic E-state index is 11.4. The molecular weight excluding hydrogens is 204 g/mol. The third-order valence-corrected chi connectivity index (χ3v) is 3.24. The zero-order valence-electron chi connectivity index (χ0n) is 8.49. The van der Waals surface area contributed by atoms with Crippen LogP contribution in [0.25, 0.3) is 0 Å². The molecule has 0 aromatic carbocycles. The summed E-state index contributed by atoms with van der Waals surface area (Å²) in [6.07, 6.45) is 1.95. The highest BCUT2D eigenvalue weighted by Crippen LogP contribution is 2.07. The zero-order valence-corrected chi connectivity index (χ0v) is 9.30. The molecule has 1 aliphatic heterocycles. The molecule has 0 aliphatic carbocycles. The Morgan fingerprint density at radius 2 is 2.21 bits per heavy atom. The van der Waals surface area contributed by atoms with Crippen LogP contribution in [-0.4, -0.2) is 57.4 Å². The Balaban J connectivity index is 2.30. The van der Waals surface area contributed by atoms with Crippen LogP contribution in [0.5, 0.6) is 0 Å². The van der Waals surface area contributed by atoms with Gasteiger partial charge in [0.15, 0.2) is 0 Å². The first-order valence-electron chi connectivity index (χ1n) is 4.56. The van der Waals surface area contributed by atoms with Gasteiger partial charge in [-0.2, -0.15) is 0 Å². The van der Waals surface area contributed by atoms with Crippen molar-refractivity contribution in [2.45, 2.75) is 12.5 Å². The van der Waals surface area contributed by atoms with Crippen molar-refractivity contribution < 1.29 is 13.2 Å². The molecule has 14 heavy (non-hydrogen) atoms. The van der Waals surface area contributed by atoms with Gasteiger partial charge in [-0.1, -0.05) is 0 Å². The molecule has 0 aromatic rings. The van der Waals surface area contributed by atoms with Crippen LogP contribution in [0.3, 0.4) is 0 Å². The van der Waals surface area contributed by atoms with Crippen LogP contribution in [0.15, 0.2) is 0 Å². The van der Waals surface area contributed by atoms with Crippen molar-refractivity contribution in [3.63, 3.8) is 0 Å². The Bertz CT molecular complexity index is 313. The number of carbonyl (C=O) groups excluding carboxylic acids is 1. The second kappa shape index (κ2) is 4.27. The molecule has 0 spiro atoms. The topological polar surface area (TPSA) is 66.5 Å². The van der Waals surface area contributed by atoms with Gasteiger partial charge < -0.3 is 10.2 Å². The fourth-order valence-corrected chi connectivity index (χ4v) is 1.92. The standard InChI is InChI=1S/C8H16N2O3S/c1-10-5-3-7(8(10)11)9-4-6-14(2,12)13/h7,9H,3-6H2,1-2H3. The average Bonchev–Trinajstić information content (AvgIpc) is 2.33. The van der Waals surface area contributed by atoms with Crippen molar-refractivity contribution in [2.75, 3.05) is 32.1 Å². The molecule has 1 saturated heterocycles. The van der Waals surface area contributed by atoms with Gasteiger partial charge in [0.2, 0.25) is 5.91 Å². The Kier molecular flexibility index (Phi) is 3.49. The lowest BCUT2D eigenvalue weighted by Gasteiger charge is -2.11. The van der Waals surface area contributed by atoms with E-state index in [9.17, 15) is 13.2 Å². The summed E-state index contributed by atoms with van der Waals surface area (Å²) in [5, 5.41) is 2.95. The summed E-state index contributed by atoms with van der Waals surface area (Å²) in [5.74, 6) is 0.138. The van der Waals surface area contributed by atoms with Gasteiger partial charge in [-0.05, 0) is 6.42 Å². The van der Waals surface area contributed by atoms with Gasteiger partial charge in [0.25, 0.3) is 0 Å². The molecule has 1 rings (SSSR count). The van der Waals surface area contributed by atoms with E-state index in [2.05, 4.69) is 5.32 Å². The predicted molar refractivity (Wildman–Crippen MR) is 53.8 cm³/mol. The molecule has 1 heterocycles. The molecular formula is C8H16N2O3S. The van der Waals surface area contributed by atoms with Crippen LogP contribution >= 0.6 is 0 Å². The first kappa shape index (κ1) is 11.5. The lowest BCUT2D eigenvalue weighted by atomic mass is 10.2. The highest BCUT2D eigenvalue weighted by Gasteiger charge is 2.28. The summed E-state index contributed by atoms with van der Waals surface area (Å²) >= 11 is 0. The van der Waals surface area contributed by atoms with Crippen molar-refractivity contribution >= 4 is 15.7 Å². The van der Waals surface area contributed by atoms with Gasteiger partial charge in [-0.3, -0.25) is 4.79 Å². The van der Waals surface area contributed by atoms with E-state index in [4.69, 9.17) is 0 Å². The van der Waals surface area contributed by atoms with E-state index < -0.39 is 9.84 Å². The Labute approximate surface area is 84.4 Å². The number of nitrogens with one attached hydrogen (secondary N) is 1. The summed E-state index contributed by atoms with van der Waals surface area (Å²) in [5.41, 5.74) is 0. The van der Waals surface area contributed by atoms with Crippen LogP contribution in [0.1, 0.15) is 6.42 Å². The zero-order chi connectivity index (χ0) is 10.8. The first-order chi connectivity index (χ1) is 6.40. The van der Waals surface area contributed by atoms with E-state index in [1.54, 1.807) is 11.9 Å². The molecule has 1 aliphatic rings. The minimum atomic E-state index is -2.93. The third kappa shape index (κ3) is 3.26. The van der Waals surface area contributed by atoms with Crippen molar-refractivity contribution in [3.05, 3.63) is 0 Å². The van der Waals surface area contributed by atoms with Crippen molar-refractivity contribution in [3.8, 4) is 0 Å². The molecule has 0 saturated carbocycles. The Morgan fingerprint density at radius 1 is 1.57 bits per heavy atom. The number of rotatable bonds is 4. The summed E-state index contributed by atoms with van der Waals surface area (Å²) in [7, 11) is -1.18. The predicted octanol–water partition coefficient (Wildman–Crippen LogP) is -1.15. The molecule has 5 nitrogen and oxygen atoms in total. The smallest absolute Gasteiger partial charge is 0.239 e. The second-order valence-electron chi connectivity index (χ2n) is 3.69. The monoisotopic (exact) mass is 220 g/mol. The molecule has 1 N–H and O–H groups in total. The summed E-state index contributed by atoms with van der Waals surface area (Å²) in [6.45, 7) is 1.10. The van der Waals surface area contributed by atoms with Crippen LogP contribution in [0, 0.1) is 0 Å². The fraction of sp³-hybridized carbons (Fsp3) is 0.875. The summed E-state index contributed by atoms with van der Waals surface area (Å²) in [4.78, 5) is 13.0. The van der Waals surface area contributed by atoms with Crippen LogP contribution < -0.4 is 5.32 Å². The van der Waals surface area contributed by atoms with Crippen molar-refractivity contribution in [1.82, 2.24) is 10.2 Å². The largest absolute Gasteiger partial charge is 0.344 e. The van der Waals surface area contributed by atoms with Crippen molar-refractivity contribution in [2.24, 2.45) is 0 Å². The van der Waals surface area contributed by atoms with Crippen LogP contribution in [0.4, 0.5) is 0 Å². The van der Waals surface area contributed by atoms with E-state index in [1.807, 2.05) is 0 Å². The van der Waals surface area contributed by atoms with Gasteiger partial charge in [-0.25, -0.2) is 8.42 Å². The van der Waals surface area contributed by atoms with Crippen LogP contribution in [-0.2, 0) is 14.6 Å². The minimum absolute atomic E-state index is 0.0542. The number of amides is 1. The first-order valence-corrected chi connectivity index (χ1v) is 6.62. The van der Waals surface area contributed by atoms with Gasteiger partial charge in [-0.15, -0.1) is 0 Å². The highest BCUT2D eigenvalue weighted by atomic mass is 32.2.